The predicted molar refractivity (Wildman–Crippen MR) is 627 cm³/mol. The molecule has 0 radical (unpaired) electrons. The van der Waals surface area contributed by atoms with Gasteiger partial charge in [0.05, 0.1) is 0 Å². The van der Waals surface area contributed by atoms with Gasteiger partial charge in [-0.25, -0.2) is 0 Å². The van der Waals surface area contributed by atoms with E-state index in [2.05, 4.69) is 515 Å². The van der Waals surface area contributed by atoms with Gasteiger partial charge in [0.2, 0.25) is 0 Å². The fraction of sp³-hybridized carbons (Fsp3) is 0.203. The number of fused-ring (bicyclic) bond motifs is 20. The summed E-state index contributed by atoms with van der Waals surface area (Å²) >= 11 is 0. The van der Waals surface area contributed by atoms with Gasteiger partial charge in [0, 0.05) is 0 Å². The highest BCUT2D eigenvalue weighted by Gasteiger charge is 2.21. The molecular weight excluding hydrogens is 1720 g/mol. The highest BCUT2D eigenvalue weighted by atomic mass is 14.3. The molecule has 0 saturated carbocycles. The lowest BCUT2D eigenvalue weighted by Crippen LogP contribution is -2.06. The van der Waals surface area contributed by atoms with Crippen molar-refractivity contribution >= 4 is 97.0 Å². The van der Waals surface area contributed by atoms with E-state index in [9.17, 15) is 0 Å². The number of benzene rings is 22. The van der Waals surface area contributed by atoms with Crippen LogP contribution in [0.15, 0.2) is 376 Å². The van der Waals surface area contributed by atoms with Crippen molar-refractivity contribution in [3.8, 4) is 33.4 Å². The minimum Gasteiger partial charge on any atom is -0.0616 e. The molecule has 26 rings (SSSR count). The fourth-order valence-electron chi connectivity index (χ4n) is 21.4. The Kier molecular flexibility index (Phi) is 31.4. The van der Waals surface area contributed by atoms with Crippen LogP contribution < -0.4 is 0 Å². The van der Waals surface area contributed by atoms with Gasteiger partial charge in [0.15, 0.2) is 0 Å². The summed E-state index contributed by atoms with van der Waals surface area (Å²) < 4.78 is 0. The van der Waals surface area contributed by atoms with Gasteiger partial charge in [-0.05, 0) is 418 Å². The molecule has 0 N–H and O–H groups in total. The molecule has 712 valence electrons. The summed E-state index contributed by atoms with van der Waals surface area (Å²) in [6.07, 6.45) is 11.2. The Bertz CT molecular complexity index is 7860. The molecule has 0 heteroatoms. The molecule has 0 aromatic heterocycles. The molecule has 4 aliphatic carbocycles. The third-order valence-corrected chi connectivity index (χ3v) is 29.2. The van der Waals surface area contributed by atoms with Crippen LogP contribution in [0.3, 0.4) is 0 Å². The number of rotatable bonds is 0. The van der Waals surface area contributed by atoms with Crippen molar-refractivity contribution in [3.05, 3.63) is 532 Å². The largest absolute Gasteiger partial charge is 0.0616 e. The molecule has 22 aromatic carbocycles. The first-order valence-electron chi connectivity index (χ1n) is 51.8. The average molecular weight is 1860 g/mol. The number of hydrogen-bond acceptors (Lipinski definition) is 0. The number of hydrogen-bond donors (Lipinski definition) is 0. The molecule has 0 atom stereocenters. The zero-order chi connectivity index (χ0) is 100. The van der Waals surface area contributed by atoms with E-state index in [1.54, 1.807) is 11.1 Å². The lowest BCUT2D eigenvalue weighted by atomic mass is 9.84. The van der Waals surface area contributed by atoms with E-state index in [1.807, 2.05) is 0 Å². The van der Waals surface area contributed by atoms with E-state index in [-0.39, 0.29) is 0 Å². The van der Waals surface area contributed by atoms with E-state index in [4.69, 9.17) is 0 Å². The van der Waals surface area contributed by atoms with Crippen molar-refractivity contribution in [2.24, 2.45) is 0 Å². The predicted octanol–water partition coefficient (Wildman–Crippen LogP) is 39.4. The molecular formula is C143H140. The summed E-state index contributed by atoms with van der Waals surface area (Å²) in [6, 6.07) is 138. The van der Waals surface area contributed by atoms with Crippen molar-refractivity contribution in [2.75, 3.05) is 0 Å². The minimum absolute atomic E-state index is 1.11. The Labute approximate surface area is 852 Å². The topological polar surface area (TPSA) is 0 Å². The Morgan fingerprint density at radius 1 is 0.126 bits per heavy atom. The number of aryl methyl sites for hydroxylation is 24. The molecule has 0 bridgehead atoms. The second-order valence-electron chi connectivity index (χ2n) is 41.6. The van der Waals surface area contributed by atoms with Crippen LogP contribution in [0.2, 0.25) is 0 Å². The summed E-state index contributed by atoms with van der Waals surface area (Å²) in [7, 11) is 0. The van der Waals surface area contributed by atoms with Crippen molar-refractivity contribution in [2.45, 2.75) is 196 Å². The molecule has 0 saturated heterocycles. The molecule has 0 nitrogen and oxygen atoms in total. The summed E-state index contributed by atoms with van der Waals surface area (Å²) in [6.45, 7) is 43.1. The van der Waals surface area contributed by atoms with Crippen LogP contribution in [0, 0.1) is 138 Å². The van der Waals surface area contributed by atoms with Gasteiger partial charge < -0.3 is 0 Å². The van der Waals surface area contributed by atoms with Crippen LogP contribution in [0.25, 0.3) is 130 Å². The van der Waals surface area contributed by atoms with Crippen molar-refractivity contribution in [1.82, 2.24) is 0 Å². The summed E-state index contributed by atoms with van der Waals surface area (Å²) in [5.74, 6) is 0. The van der Waals surface area contributed by atoms with Crippen LogP contribution >= 0.6 is 0 Å². The first-order chi connectivity index (χ1) is 69.0. The maximum Gasteiger partial charge on any atom is -0.00133 e. The van der Waals surface area contributed by atoms with Crippen LogP contribution in [0.4, 0.5) is 0 Å². The minimum atomic E-state index is 1.11. The zero-order valence-corrected chi connectivity index (χ0v) is 88.2. The Morgan fingerprint density at radius 2 is 0.315 bits per heavy atom. The zero-order valence-electron chi connectivity index (χ0n) is 88.2. The summed E-state index contributed by atoms with van der Waals surface area (Å²) in [5.41, 5.74) is 48.0. The second-order valence-corrected chi connectivity index (χ2v) is 41.6. The average Bonchev–Trinajstić information content (AvgIpc) is 1.72. The standard InChI is InChI=1S/2C16H16.3C16H14.C15H14.2C12H12.C12H16.C12H12/c3*1-11-3-7-15-13(9-11)5-6-14-10-12(2)4-8-16(14)15;1-11-3-5-13-10-16-8-12(2)4-6-14(16)9-15(13)7-11;1-11-3-5-13-9-14-6-4-12(2)8-16(14)10-15(13)7-11;1-10-3-5-14-12(7-10)9-13-8-11(2)4-6-15(13)14;1-9-3-5-12-8-10(2)4-6-11(12)7-9;1-9-3-5-11-6-4-10(2)8-12(11)7-9;2*1-9-7-8-10(2)12-6-4-3-5-11(9)12/h2*3-4,7-10H,5-6H2,1-2H3;3*3-10H,1-2H3;3-8H,9H2,1-2H3;2*3-8H,1-2H3;7-8H,3-6H2,1-2H3;3-8H,1-2H3. The quantitative estimate of drug-likeness (QED) is 0.105. The summed E-state index contributed by atoms with van der Waals surface area (Å²) in [4.78, 5) is 0. The van der Waals surface area contributed by atoms with E-state index < -0.39 is 0 Å². The van der Waals surface area contributed by atoms with Gasteiger partial charge in [-0.2, -0.15) is 0 Å². The molecule has 0 unspecified atom stereocenters. The molecule has 0 heterocycles. The van der Waals surface area contributed by atoms with Crippen LogP contribution in [-0.2, 0) is 44.9 Å². The maximum absolute atomic E-state index is 2.33. The van der Waals surface area contributed by atoms with Gasteiger partial charge in [-0.3, -0.25) is 0 Å². The van der Waals surface area contributed by atoms with E-state index in [0.717, 1.165) is 6.42 Å². The van der Waals surface area contributed by atoms with Gasteiger partial charge in [0.25, 0.3) is 0 Å². The molecule has 0 fully saturated rings. The smallest absolute Gasteiger partial charge is 0.00133 e. The Morgan fingerprint density at radius 3 is 0.601 bits per heavy atom. The van der Waals surface area contributed by atoms with Crippen molar-refractivity contribution in [3.63, 3.8) is 0 Å². The lowest BCUT2D eigenvalue weighted by Gasteiger charge is -2.20. The van der Waals surface area contributed by atoms with Crippen LogP contribution in [0.1, 0.15) is 169 Å². The summed E-state index contributed by atoms with van der Waals surface area (Å²) in [5, 5.41) is 24.1. The van der Waals surface area contributed by atoms with E-state index in [0.29, 0.717) is 0 Å². The van der Waals surface area contributed by atoms with Gasteiger partial charge in [-0.15, -0.1) is 0 Å². The lowest BCUT2D eigenvalue weighted by molar-refractivity contribution is 0.678. The van der Waals surface area contributed by atoms with Gasteiger partial charge >= 0.3 is 0 Å². The van der Waals surface area contributed by atoms with Gasteiger partial charge in [0.1, 0.15) is 0 Å². The third-order valence-electron chi connectivity index (χ3n) is 29.2. The van der Waals surface area contributed by atoms with Crippen molar-refractivity contribution in [1.29, 1.82) is 0 Å². The van der Waals surface area contributed by atoms with Gasteiger partial charge in [-0.1, -0.05) is 441 Å². The molecule has 4 aliphatic rings. The monoisotopic (exact) mass is 1860 g/mol. The normalized spacial score (nSPS) is 11.9. The first-order valence-corrected chi connectivity index (χ1v) is 51.8. The fourth-order valence-corrected chi connectivity index (χ4v) is 21.4. The van der Waals surface area contributed by atoms with Crippen molar-refractivity contribution < 1.29 is 0 Å². The SMILES string of the molecule is Cc1ccc(C)c2c1CCCC2.Cc1ccc(C)c2ccccc12.Cc1ccc2c(c1)CCc1cc(C)ccc1-2.Cc1ccc2c(c1)CCc1cc(C)ccc1-2.Cc1ccc2c(c1)Cc1cc(C)ccc1-2.Cc1ccc2c(ccc3cc(C)ccc32)c1.Cc1ccc2cc(C)ccc2c1.Cc1ccc2cc3cc(C)ccc3cc2c1.Cc1ccc2cc3ccc(C)cc3cc2c1.Cc1ccc2ccc(C)cc2c1. The Balaban J connectivity index is 0.000000109. The Hall–Kier alpha value is -14.8. The first kappa shape index (κ1) is 99.7. The van der Waals surface area contributed by atoms with Crippen LogP contribution in [-0.4, -0.2) is 0 Å². The second kappa shape index (κ2) is 45.0. The molecule has 0 aliphatic heterocycles. The third kappa shape index (κ3) is 24.7. The molecule has 143 heavy (non-hydrogen) atoms. The molecule has 0 amide bonds. The van der Waals surface area contributed by atoms with E-state index >= 15 is 0 Å². The van der Waals surface area contributed by atoms with E-state index in [1.165, 1.54) is 326 Å². The maximum atomic E-state index is 2.33. The molecule has 0 spiro atoms. The highest BCUT2D eigenvalue weighted by molar-refractivity contribution is 6.08. The highest BCUT2D eigenvalue weighted by Crippen LogP contribution is 2.41. The van der Waals surface area contributed by atoms with Crippen LogP contribution in [0.5, 0.6) is 0 Å². The molecule has 22 aromatic rings.